The van der Waals surface area contributed by atoms with Crippen molar-refractivity contribution in [3.63, 3.8) is 0 Å². The van der Waals surface area contributed by atoms with Crippen molar-refractivity contribution < 1.29 is 24.3 Å². The van der Waals surface area contributed by atoms with Gasteiger partial charge < -0.3 is 19.7 Å². The van der Waals surface area contributed by atoms with Crippen LogP contribution in [-0.2, 0) is 11.3 Å². The third kappa shape index (κ3) is 7.08. The molecule has 2 amide bonds. The maximum Gasteiger partial charge on any atom is 0.408 e. The minimum absolute atomic E-state index is 0.0860. The van der Waals surface area contributed by atoms with Crippen molar-refractivity contribution >= 4 is 52.2 Å². The van der Waals surface area contributed by atoms with Crippen molar-refractivity contribution in [2.24, 2.45) is 0 Å². The van der Waals surface area contributed by atoms with Crippen LogP contribution < -0.4 is 20.4 Å². The summed E-state index contributed by atoms with van der Waals surface area (Å²) in [4.78, 5) is 37.1. The first-order chi connectivity index (χ1) is 21.3. The number of methoxy groups -OCH3 is 1. The summed E-state index contributed by atoms with van der Waals surface area (Å²) in [6, 6.07) is 12.7. The van der Waals surface area contributed by atoms with Crippen LogP contribution in [0, 0.1) is 0 Å². The number of amides is 2. The number of hydroxylamine groups is 1. The number of hydrogen-bond donors (Lipinski definition) is 3. The van der Waals surface area contributed by atoms with E-state index in [-0.39, 0.29) is 16.5 Å². The minimum atomic E-state index is -0.828. The van der Waals surface area contributed by atoms with Gasteiger partial charge in [0.2, 0.25) is 0 Å². The van der Waals surface area contributed by atoms with Crippen molar-refractivity contribution in [2.75, 3.05) is 25.1 Å². The molecule has 0 spiro atoms. The van der Waals surface area contributed by atoms with Crippen LogP contribution in [0.1, 0.15) is 56.6 Å². The molecule has 0 aliphatic carbocycles. The average Bonchev–Trinajstić information content (AvgIpc) is 3.33. The Morgan fingerprint density at radius 3 is 2.38 bits per heavy atom. The van der Waals surface area contributed by atoms with Crippen LogP contribution >= 0.6 is 23.2 Å². The van der Waals surface area contributed by atoms with E-state index >= 15 is 0 Å². The van der Waals surface area contributed by atoms with Gasteiger partial charge in [0.15, 0.2) is 17.2 Å². The SMILES string of the molecule is COc1ccc(Cn2nc(-c3cccc(Cl)c3Cl)c3nc(C(=O)NO)c(N4CCC(C)(NC(=O)OC(C)(C)C)CC4)nc32)cc1. The standard InChI is InChI=1S/C31H35Cl2N7O5/c1-30(2,3)45-29(42)36-31(4)13-15-39(16-14-31)26-25(28(41)38-43)34-24-23(20-7-6-8-21(32)22(20)33)37-40(27(24)35-26)17-18-9-11-19(44-5)12-10-18/h6-12,43H,13-17H2,1-5H3,(H,36,42)(H,38,41). The summed E-state index contributed by atoms with van der Waals surface area (Å²) in [5.74, 6) is 0.161. The number of aromatic nitrogens is 4. The Kier molecular flexibility index (Phi) is 9.11. The van der Waals surface area contributed by atoms with E-state index in [4.69, 9.17) is 47.7 Å². The number of alkyl carbamates (subject to hydrolysis) is 1. The molecule has 238 valence electrons. The first-order valence-corrected chi connectivity index (χ1v) is 15.1. The van der Waals surface area contributed by atoms with Gasteiger partial charge in [-0.15, -0.1) is 0 Å². The number of rotatable bonds is 7. The Balaban J connectivity index is 1.57. The summed E-state index contributed by atoms with van der Waals surface area (Å²) in [7, 11) is 1.60. The van der Waals surface area contributed by atoms with Gasteiger partial charge in [0.1, 0.15) is 22.6 Å². The van der Waals surface area contributed by atoms with Gasteiger partial charge in [-0.2, -0.15) is 5.10 Å². The van der Waals surface area contributed by atoms with Gasteiger partial charge in [-0.1, -0.05) is 47.5 Å². The van der Waals surface area contributed by atoms with Gasteiger partial charge in [0.25, 0.3) is 5.91 Å². The Hall–Kier alpha value is -4.13. The number of hydrogen-bond acceptors (Lipinski definition) is 9. The highest BCUT2D eigenvalue weighted by Gasteiger charge is 2.35. The molecule has 1 aliphatic heterocycles. The summed E-state index contributed by atoms with van der Waals surface area (Å²) in [6.45, 7) is 8.60. The Morgan fingerprint density at radius 1 is 1.07 bits per heavy atom. The fourth-order valence-corrected chi connectivity index (χ4v) is 5.56. The van der Waals surface area contributed by atoms with Crippen LogP contribution in [0.3, 0.4) is 0 Å². The van der Waals surface area contributed by atoms with Crippen LogP contribution in [0.4, 0.5) is 10.6 Å². The number of piperidine rings is 1. The molecular weight excluding hydrogens is 621 g/mol. The molecule has 1 saturated heterocycles. The highest BCUT2D eigenvalue weighted by molar-refractivity contribution is 6.43. The number of anilines is 1. The van der Waals surface area contributed by atoms with Gasteiger partial charge in [-0.3, -0.25) is 10.0 Å². The maximum absolute atomic E-state index is 13.0. The predicted octanol–water partition coefficient (Wildman–Crippen LogP) is 5.86. The number of carbonyl (C=O) groups is 2. The molecule has 45 heavy (non-hydrogen) atoms. The fraction of sp³-hybridized carbons (Fsp3) is 0.387. The molecule has 12 nitrogen and oxygen atoms in total. The smallest absolute Gasteiger partial charge is 0.408 e. The van der Waals surface area contributed by atoms with Crippen molar-refractivity contribution in [3.8, 4) is 17.0 Å². The normalized spacial score (nSPS) is 14.7. The molecule has 0 saturated carbocycles. The summed E-state index contributed by atoms with van der Waals surface area (Å²) < 4.78 is 12.4. The third-order valence-corrected chi connectivity index (χ3v) is 8.35. The third-order valence-electron chi connectivity index (χ3n) is 7.53. The maximum atomic E-state index is 13.0. The number of benzene rings is 2. The van der Waals surface area contributed by atoms with E-state index in [0.29, 0.717) is 59.9 Å². The predicted molar refractivity (Wildman–Crippen MR) is 171 cm³/mol. The average molecular weight is 657 g/mol. The Morgan fingerprint density at radius 2 is 1.76 bits per heavy atom. The number of carbonyl (C=O) groups excluding carboxylic acids is 2. The highest BCUT2D eigenvalue weighted by Crippen LogP contribution is 2.37. The van der Waals surface area contributed by atoms with E-state index in [1.54, 1.807) is 35.5 Å². The van der Waals surface area contributed by atoms with Crippen LogP contribution in [-0.4, -0.2) is 68.3 Å². The Bertz CT molecular complexity index is 1730. The largest absolute Gasteiger partial charge is 0.497 e. The van der Waals surface area contributed by atoms with Crippen LogP contribution in [0.25, 0.3) is 22.4 Å². The summed E-state index contributed by atoms with van der Waals surface area (Å²) >= 11 is 12.9. The fourth-order valence-electron chi connectivity index (χ4n) is 5.17. The number of ether oxygens (including phenoxy) is 2. The van der Waals surface area contributed by atoms with Crippen molar-refractivity contribution in [1.29, 1.82) is 0 Å². The number of fused-ring (bicyclic) bond motifs is 1. The van der Waals surface area contributed by atoms with Gasteiger partial charge in [0, 0.05) is 24.2 Å². The molecule has 4 aromatic rings. The number of nitrogens with one attached hydrogen (secondary N) is 2. The lowest BCUT2D eigenvalue weighted by Crippen LogP contribution is -2.54. The molecular formula is C31H35Cl2N7O5. The van der Waals surface area contributed by atoms with Crippen molar-refractivity contribution in [3.05, 3.63) is 63.8 Å². The van der Waals surface area contributed by atoms with Crippen LogP contribution in [0.2, 0.25) is 10.0 Å². The zero-order valence-electron chi connectivity index (χ0n) is 25.6. The molecule has 0 unspecified atom stereocenters. The van der Waals surface area contributed by atoms with E-state index in [2.05, 4.69) is 5.32 Å². The second kappa shape index (κ2) is 12.7. The lowest BCUT2D eigenvalue weighted by molar-refractivity contribution is 0.0448. The van der Waals surface area contributed by atoms with E-state index in [9.17, 15) is 14.8 Å². The molecule has 2 aromatic heterocycles. The molecule has 1 fully saturated rings. The quantitative estimate of drug-likeness (QED) is 0.165. The van der Waals surface area contributed by atoms with Gasteiger partial charge in [0.05, 0.1) is 23.7 Å². The second-order valence-electron chi connectivity index (χ2n) is 12.1. The molecule has 2 aromatic carbocycles. The van der Waals surface area contributed by atoms with Gasteiger partial charge in [-0.05, 0) is 64.3 Å². The summed E-state index contributed by atoms with van der Waals surface area (Å²) in [5, 5.41) is 18.1. The number of nitrogens with zero attached hydrogens (tertiary/aromatic N) is 5. The first-order valence-electron chi connectivity index (χ1n) is 14.4. The molecule has 14 heteroatoms. The van der Waals surface area contributed by atoms with Gasteiger partial charge >= 0.3 is 6.09 Å². The summed E-state index contributed by atoms with van der Waals surface area (Å²) in [6.07, 6.45) is 0.594. The topological polar surface area (TPSA) is 144 Å². The lowest BCUT2D eigenvalue weighted by atomic mass is 9.89. The van der Waals surface area contributed by atoms with E-state index in [1.165, 1.54) is 0 Å². The minimum Gasteiger partial charge on any atom is -0.497 e. The monoisotopic (exact) mass is 655 g/mol. The van der Waals surface area contributed by atoms with Crippen molar-refractivity contribution in [2.45, 2.75) is 58.2 Å². The van der Waals surface area contributed by atoms with E-state index in [1.807, 2.05) is 56.9 Å². The molecule has 3 heterocycles. The zero-order chi connectivity index (χ0) is 32.5. The molecule has 0 radical (unpaired) electrons. The molecule has 0 bridgehead atoms. The van der Waals surface area contributed by atoms with Crippen LogP contribution in [0.5, 0.6) is 5.75 Å². The molecule has 0 atom stereocenters. The Labute approximate surface area is 270 Å². The van der Waals surface area contributed by atoms with E-state index in [0.717, 1.165) is 11.3 Å². The lowest BCUT2D eigenvalue weighted by Gasteiger charge is -2.40. The van der Waals surface area contributed by atoms with Crippen molar-refractivity contribution in [1.82, 2.24) is 30.5 Å². The zero-order valence-corrected chi connectivity index (χ0v) is 27.2. The highest BCUT2D eigenvalue weighted by atomic mass is 35.5. The van der Waals surface area contributed by atoms with Gasteiger partial charge in [-0.25, -0.2) is 24.9 Å². The summed E-state index contributed by atoms with van der Waals surface area (Å²) in [5.41, 5.74) is 2.98. The molecule has 3 N–H and O–H groups in total. The molecule has 5 rings (SSSR count). The molecule has 1 aliphatic rings. The first kappa shape index (κ1) is 32.3. The number of halogens is 2. The van der Waals surface area contributed by atoms with E-state index < -0.39 is 23.1 Å². The van der Waals surface area contributed by atoms with Crippen LogP contribution in [0.15, 0.2) is 42.5 Å². The second-order valence-corrected chi connectivity index (χ2v) is 12.9.